The topological polar surface area (TPSA) is 132 Å². The third-order valence-electron chi connectivity index (χ3n) is 7.29. The van der Waals surface area contributed by atoms with E-state index in [0.29, 0.717) is 69.8 Å². The number of benzene rings is 1. The average Bonchev–Trinajstić information content (AvgIpc) is 3.54. The van der Waals surface area contributed by atoms with Gasteiger partial charge in [0, 0.05) is 46.1 Å². The number of H-pyrrole nitrogens is 1. The zero-order valence-electron chi connectivity index (χ0n) is 21.6. The fourth-order valence-electron chi connectivity index (χ4n) is 5.12. The van der Waals surface area contributed by atoms with Crippen molar-refractivity contribution >= 4 is 23.2 Å². The Morgan fingerprint density at radius 2 is 1.84 bits per heavy atom. The molecule has 4 heterocycles. The highest BCUT2D eigenvalue weighted by molar-refractivity contribution is 5.76. The van der Waals surface area contributed by atoms with Gasteiger partial charge < -0.3 is 24.3 Å². The van der Waals surface area contributed by atoms with Crippen molar-refractivity contribution in [3.63, 3.8) is 0 Å². The number of carbonyl (C=O) groups is 2. The third kappa shape index (κ3) is 5.15. The summed E-state index contributed by atoms with van der Waals surface area (Å²) in [6.45, 7) is 1.96. The molecule has 0 saturated carbocycles. The highest BCUT2D eigenvalue weighted by atomic mass is 16.6. The second-order valence-corrected chi connectivity index (χ2v) is 9.84. The molecule has 0 aliphatic carbocycles. The van der Waals surface area contributed by atoms with Crippen molar-refractivity contribution in [1.29, 1.82) is 0 Å². The first-order valence-corrected chi connectivity index (χ1v) is 12.9. The van der Waals surface area contributed by atoms with Crippen LogP contribution in [0, 0.1) is 0 Å². The minimum absolute atomic E-state index is 0.0399. The Morgan fingerprint density at radius 1 is 1.11 bits per heavy atom. The van der Waals surface area contributed by atoms with Crippen molar-refractivity contribution in [3.05, 3.63) is 57.0 Å². The molecule has 1 atom stereocenters. The van der Waals surface area contributed by atoms with Gasteiger partial charge in [-0.05, 0) is 31.4 Å². The van der Waals surface area contributed by atoms with E-state index in [9.17, 15) is 19.2 Å². The second kappa shape index (κ2) is 10.7. The summed E-state index contributed by atoms with van der Waals surface area (Å²) in [6, 6.07) is 9.47. The van der Waals surface area contributed by atoms with Crippen LogP contribution in [-0.2, 0) is 30.0 Å². The summed E-state index contributed by atoms with van der Waals surface area (Å²) in [7, 11) is 3.00. The first kappa shape index (κ1) is 25.6. The number of aromatic amines is 1. The van der Waals surface area contributed by atoms with Crippen LogP contribution in [0.5, 0.6) is 5.75 Å². The molecule has 0 radical (unpaired) electrons. The van der Waals surface area contributed by atoms with E-state index in [0.717, 1.165) is 10.3 Å². The fraction of sp³-hybridized carbons (Fsp3) is 0.500. The molecular formula is C26H32N6O6. The Hall–Kier alpha value is -4.09. The van der Waals surface area contributed by atoms with Crippen LogP contribution < -0.4 is 16.0 Å². The number of hydrogen-bond donors (Lipinski definition) is 1. The molecule has 5 rings (SSSR count). The van der Waals surface area contributed by atoms with Crippen LogP contribution in [0.15, 0.2) is 39.9 Å². The monoisotopic (exact) mass is 524 g/mol. The van der Waals surface area contributed by atoms with Crippen LogP contribution in [0.3, 0.4) is 0 Å². The van der Waals surface area contributed by atoms with E-state index in [2.05, 4.69) is 9.97 Å². The van der Waals surface area contributed by atoms with Gasteiger partial charge in [-0.1, -0.05) is 18.2 Å². The Kier molecular flexibility index (Phi) is 7.21. The van der Waals surface area contributed by atoms with Crippen molar-refractivity contribution in [1.82, 2.24) is 28.9 Å². The number of carbonyl (C=O) groups excluding carboxylic acids is 2. The summed E-state index contributed by atoms with van der Waals surface area (Å²) in [6.07, 6.45) is 2.16. The number of hydrogen-bond acceptors (Lipinski definition) is 7. The van der Waals surface area contributed by atoms with Crippen LogP contribution in [0.1, 0.15) is 31.5 Å². The van der Waals surface area contributed by atoms with Gasteiger partial charge in [0.25, 0.3) is 5.56 Å². The molecule has 0 spiro atoms. The molecule has 1 unspecified atom stereocenters. The number of aryl methyl sites for hydroxylation is 2. The van der Waals surface area contributed by atoms with Crippen LogP contribution in [0.25, 0.3) is 11.2 Å². The SMILES string of the molecule is Cn1c(=O)c2[nH]c(CCCC(=O)N3CCC(N4CC(COc5ccccc5)OC4=O)CC3)nc2n(C)c1=O. The fourth-order valence-corrected chi connectivity index (χ4v) is 5.12. The largest absolute Gasteiger partial charge is 0.490 e. The van der Waals surface area contributed by atoms with Crippen LogP contribution >= 0.6 is 0 Å². The molecule has 2 fully saturated rings. The number of ether oxygens (including phenoxy) is 2. The Bertz CT molecular complexity index is 1440. The number of nitrogens with zero attached hydrogens (tertiary/aromatic N) is 5. The molecule has 2 aliphatic rings. The van der Waals surface area contributed by atoms with Gasteiger partial charge in [-0.15, -0.1) is 0 Å². The van der Waals surface area contributed by atoms with Gasteiger partial charge in [-0.25, -0.2) is 14.6 Å². The molecule has 12 nitrogen and oxygen atoms in total. The number of para-hydroxylation sites is 1. The van der Waals surface area contributed by atoms with Crippen LogP contribution in [-0.4, -0.2) is 79.3 Å². The lowest BCUT2D eigenvalue weighted by molar-refractivity contribution is -0.132. The lowest BCUT2D eigenvalue weighted by Crippen LogP contribution is -2.47. The van der Waals surface area contributed by atoms with E-state index in [1.54, 1.807) is 11.9 Å². The third-order valence-corrected chi connectivity index (χ3v) is 7.29. The van der Waals surface area contributed by atoms with Gasteiger partial charge in [-0.2, -0.15) is 0 Å². The van der Waals surface area contributed by atoms with E-state index in [4.69, 9.17) is 9.47 Å². The van der Waals surface area contributed by atoms with Crippen molar-refractivity contribution in [2.75, 3.05) is 26.2 Å². The molecule has 2 aromatic heterocycles. The standard InChI is InChI=1S/C26H32N6O6/c1-29-23-22(24(34)30(2)25(29)35)27-20(28-23)9-6-10-21(33)31-13-11-17(12-14-31)32-15-19(38-26(32)36)16-37-18-7-4-3-5-8-18/h3-5,7-8,17,19H,6,9-16H2,1-2H3,(H,27,28). The lowest BCUT2D eigenvalue weighted by Gasteiger charge is -2.35. The summed E-state index contributed by atoms with van der Waals surface area (Å²) in [5, 5.41) is 0. The van der Waals surface area contributed by atoms with E-state index in [-0.39, 0.29) is 29.7 Å². The molecule has 0 bridgehead atoms. The number of nitrogens with one attached hydrogen (secondary N) is 1. The zero-order chi connectivity index (χ0) is 26.8. The van der Waals surface area contributed by atoms with Crippen molar-refractivity contribution in [2.24, 2.45) is 14.1 Å². The number of cyclic esters (lactones) is 1. The number of aromatic nitrogens is 4. The number of piperidine rings is 1. The number of likely N-dealkylation sites (tertiary alicyclic amines) is 1. The van der Waals surface area contributed by atoms with Crippen molar-refractivity contribution < 1.29 is 19.1 Å². The molecule has 1 N–H and O–H groups in total. The zero-order valence-corrected chi connectivity index (χ0v) is 21.6. The highest BCUT2D eigenvalue weighted by Crippen LogP contribution is 2.24. The molecule has 1 aromatic carbocycles. The minimum atomic E-state index is -0.433. The highest BCUT2D eigenvalue weighted by Gasteiger charge is 2.38. The summed E-state index contributed by atoms with van der Waals surface area (Å²) in [4.78, 5) is 60.7. The molecule has 2 aliphatic heterocycles. The molecule has 202 valence electrons. The van der Waals surface area contributed by atoms with E-state index in [1.807, 2.05) is 35.2 Å². The van der Waals surface area contributed by atoms with E-state index < -0.39 is 11.2 Å². The first-order valence-electron chi connectivity index (χ1n) is 12.9. The first-order chi connectivity index (χ1) is 18.3. The minimum Gasteiger partial charge on any atom is -0.490 e. The van der Waals surface area contributed by atoms with Gasteiger partial charge >= 0.3 is 11.8 Å². The van der Waals surface area contributed by atoms with Crippen LogP contribution in [0.2, 0.25) is 0 Å². The predicted octanol–water partition coefficient (Wildman–Crippen LogP) is 1.17. The summed E-state index contributed by atoms with van der Waals surface area (Å²) in [5.74, 6) is 1.37. The lowest BCUT2D eigenvalue weighted by atomic mass is 10.0. The number of rotatable bonds is 8. The van der Waals surface area contributed by atoms with Crippen LogP contribution in [0.4, 0.5) is 4.79 Å². The van der Waals surface area contributed by atoms with E-state index in [1.165, 1.54) is 11.6 Å². The maximum Gasteiger partial charge on any atom is 0.410 e. The maximum atomic E-state index is 12.8. The molecule has 12 heteroatoms. The number of imidazole rings is 1. The molecule has 2 saturated heterocycles. The second-order valence-electron chi connectivity index (χ2n) is 9.84. The molecule has 38 heavy (non-hydrogen) atoms. The predicted molar refractivity (Wildman–Crippen MR) is 138 cm³/mol. The Labute approximate surface area is 218 Å². The normalized spacial score (nSPS) is 18.3. The van der Waals surface area contributed by atoms with Gasteiger partial charge in [-0.3, -0.25) is 18.7 Å². The van der Waals surface area contributed by atoms with Crippen molar-refractivity contribution in [3.8, 4) is 5.75 Å². The average molecular weight is 525 g/mol. The Balaban J connectivity index is 1.07. The summed E-state index contributed by atoms with van der Waals surface area (Å²) in [5.41, 5.74) is -0.252. The van der Waals surface area contributed by atoms with Gasteiger partial charge in [0.15, 0.2) is 11.8 Å². The quantitative estimate of drug-likeness (QED) is 0.468. The summed E-state index contributed by atoms with van der Waals surface area (Å²) >= 11 is 0. The number of amides is 2. The maximum absolute atomic E-state index is 12.8. The van der Waals surface area contributed by atoms with Gasteiger partial charge in [0.05, 0.1) is 6.54 Å². The van der Waals surface area contributed by atoms with Crippen molar-refractivity contribution in [2.45, 2.75) is 44.2 Å². The molecule has 3 aromatic rings. The summed E-state index contributed by atoms with van der Waals surface area (Å²) < 4.78 is 13.6. The van der Waals surface area contributed by atoms with E-state index >= 15 is 0 Å². The molecule has 2 amide bonds. The van der Waals surface area contributed by atoms with Gasteiger partial charge in [0.1, 0.15) is 23.7 Å². The molecular weight excluding hydrogens is 492 g/mol. The Morgan fingerprint density at radius 3 is 2.58 bits per heavy atom. The number of fused-ring (bicyclic) bond motifs is 1. The van der Waals surface area contributed by atoms with Gasteiger partial charge in [0.2, 0.25) is 5.91 Å². The smallest absolute Gasteiger partial charge is 0.410 e.